The van der Waals surface area contributed by atoms with Gasteiger partial charge in [0.05, 0.1) is 11.8 Å². The molecule has 3 atom stereocenters. The van der Waals surface area contributed by atoms with Crippen molar-refractivity contribution in [3.63, 3.8) is 0 Å². The molecule has 22 heavy (non-hydrogen) atoms. The highest BCUT2D eigenvalue weighted by atomic mass is 16.7. The van der Waals surface area contributed by atoms with Gasteiger partial charge in [-0.05, 0) is 24.5 Å². The summed E-state index contributed by atoms with van der Waals surface area (Å²) in [5.41, 5.74) is 3.43. The van der Waals surface area contributed by atoms with Crippen molar-refractivity contribution in [1.82, 2.24) is 0 Å². The number of ether oxygens (including phenoxy) is 3. The molecule has 0 aromatic heterocycles. The standard InChI is InChI=1S/C17H14O5/c1-9-6-14(18)21-17(9)20-8-13-12-7-10-4-2-3-5-11(10)15(12)22-16(13)19/h2-6,8,12,15,17H,7H2,1H3/b13-8+/t12-,15-,17-/m1/s1. The maximum Gasteiger partial charge on any atom is 0.338 e. The van der Waals surface area contributed by atoms with Crippen LogP contribution < -0.4 is 0 Å². The number of rotatable bonds is 2. The summed E-state index contributed by atoms with van der Waals surface area (Å²) in [7, 11) is 0. The molecule has 0 bridgehead atoms. The number of cyclic esters (lactones) is 1. The molecule has 1 aromatic rings. The number of hydrogen-bond acceptors (Lipinski definition) is 5. The lowest BCUT2D eigenvalue weighted by molar-refractivity contribution is -0.152. The Morgan fingerprint density at radius 1 is 1.23 bits per heavy atom. The largest absolute Gasteiger partial charge is 0.458 e. The predicted molar refractivity (Wildman–Crippen MR) is 75.3 cm³/mol. The Morgan fingerprint density at radius 2 is 2.05 bits per heavy atom. The van der Waals surface area contributed by atoms with Crippen molar-refractivity contribution in [1.29, 1.82) is 0 Å². The van der Waals surface area contributed by atoms with Gasteiger partial charge in [-0.15, -0.1) is 0 Å². The molecule has 1 fully saturated rings. The fourth-order valence-corrected chi connectivity index (χ4v) is 3.20. The van der Waals surface area contributed by atoms with E-state index in [2.05, 4.69) is 0 Å². The molecule has 0 radical (unpaired) electrons. The Balaban J connectivity index is 1.56. The number of benzene rings is 1. The third kappa shape index (κ3) is 1.93. The maximum absolute atomic E-state index is 12.1. The molecule has 1 aliphatic carbocycles. The summed E-state index contributed by atoms with van der Waals surface area (Å²) in [5.74, 6) is -0.831. The molecule has 1 aromatic carbocycles. The van der Waals surface area contributed by atoms with E-state index >= 15 is 0 Å². The fourth-order valence-electron chi connectivity index (χ4n) is 3.20. The fraction of sp³-hybridized carbons (Fsp3) is 0.294. The third-order valence-electron chi connectivity index (χ3n) is 4.30. The minimum absolute atomic E-state index is 0.0358. The van der Waals surface area contributed by atoms with Crippen molar-refractivity contribution in [2.24, 2.45) is 5.92 Å². The zero-order valence-electron chi connectivity index (χ0n) is 11.9. The monoisotopic (exact) mass is 298 g/mol. The average Bonchev–Trinajstić information content (AvgIpc) is 3.09. The second-order valence-electron chi connectivity index (χ2n) is 5.70. The van der Waals surface area contributed by atoms with Crippen LogP contribution in [0, 0.1) is 5.92 Å². The van der Waals surface area contributed by atoms with Gasteiger partial charge in [0, 0.05) is 17.6 Å². The van der Waals surface area contributed by atoms with Gasteiger partial charge in [0.2, 0.25) is 0 Å². The van der Waals surface area contributed by atoms with Gasteiger partial charge in [0.25, 0.3) is 6.29 Å². The van der Waals surface area contributed by atoms with Crippen LogP contribution in [-0.2, 0) is 30.2 Å². The Morgan fingerprint density at radius 3 is 2.82 bits per heavy atom. The molecular formula is C17H14O5. The minimum Gasteiger partial charge on any atom is -0.458 e. The van der Waals surface area contributed by atoms with Crippen molar-refractivity contribution in [3.05, 3.63) is 58.9 Å². The van der Waals surface area contributed by atoms with Crippen LogP contribution >= 0.6 is 0 Å². The second kappa shape index (κ2) is 4.73. The van der Waals surface area contributed by atoms with Gasteiger partial charge < -0.3 is 14.2 Å². The molecule has 5 nitrogen and oxygen atoms in total. The predicted octanol–water partition coefficient (Wildman–Crippen LogP) is 2.19. The van der Waals surface area contributed by atoms with Gasteiger partial charge in [0.1, 0.15) is 6.10 Å². The highest BCUT2D eigenvalue weighted by Gasteiger charge is 2.46. The molecule has 0 unspecified atom stereocenters. The van der Waals surface area contributed by atoms with Gasteiger partial charge >= 0.3 is 11.9 Å². The van der Waals surface area contributed by atoms with Crippen LogP contribution in [0.25, 0.3) is 0 Å². The van der Waals surface area contributed by atoms with Gasteiger partial charge in [-0.25, -0.2) is 9.59 Å². The summed E-state index contributed by atoms with van der Waals surface area (Å²) >= 11 is 0. The van der Waals surface area contributed by atoms with Gasteiger partial charge in [-0.1, -0.05) is 24.3 Å². The molecule has 3 aliphatic rings. The molecule has 0 amide bonds. The van der Waals surface area contributed by atoms with Crippen LogP contribution in [0.1, 0.15) is 24.2 Å². The quantitative estimate of drug-likeness (QED) is 0.476. The van der Waals surface area contributed by atoms with Gasteiger partial charge in [0.15, 0.2) is 0 Å². The molecule has 1 saturated heterocycles. The average molecular weight is 298 g/mol. The Labute approximate surface area is 127 Å². The maximum atomic E-state index is 12.1. The van der Waals surface area contributed by atoms with Gasteiger partial charge in [-0.2, -0.15) is 0 Å². The van der Waals surface area contributed by atoms with Crippen LogP contribution in [0.15, 0.2) is 47.7 Å². The van der Waals surface area contributed by atoms with Crippen molar-refractivity contribution in [2.45, 2.75) is 25.7 Å². The van der Waals surface area contributed by atoms with E-state index in [0.29, 0.717) is 11.1 Å². The molecule has 2 aliphatic heterocycles. The van der Waals surface area contributed by atoms with Crippen molar-refractivity contribution >= 4 is 11.9 Å². The van der Waals surface area contributed by atoms with E-state index in [1.165, 1.54) is 17.9 Å². The van der Waals surface area contributed by atoms with Crippen molar-refractivity contribution < 1.29 is 23.8 Å². The molecule has 5 heteroatoms. The van der Waals surface area contributed by atoms with Gasteiger partial charge in [-0.3, -0.25) is 0 Å². The molecular weight excluding hydrogens is 284 g/mol. The Hall–Kier alpha value is -2.56. The molecule has 112 valence electrons. The Kier molecular flexibility index (Phi) is 2.82. The number of esters is 2. The summed E-state index contributed by atoms with van der Waals surface area (Å²) in [6.45, 7) is 1.75. The second-order valence-corrected chi connectivity index (χ2v) is 5.70. The van der Waals surface area contributed by atoms with Crippen LogP contribution in [0.4, 0.5) is 0 Å². The van der Waals surface area contributed by atoms with E-state index in [4.69, 9.17) is 14.2 Å². The Bertz CT molecular complexity index is 730. The first-order valence-electron chi connectivity index (χ1n) is 7.16. The molecule has 2 heterocycles. The zero-order valence-corrected chi connectivity index (χ0v) is 11.9. The van der Waals surface area contributed by atoms with E-state index in [1.54, 1.807) is 6.92 Å². The smallest absolute Gasteiger partial charge is 0.338 e. The number of carbonyl (C=O) groups is 2. The summed E-state index contributed by atoms with van der Waals surface area (Å²) < 4.78 is 15.9. The highest BCUT2D eigenvalue weighted by molar-refractivity contribution is 5.92. The number of fused-ring (bicyclic) bond motifs is 3. The van der Waals surface area contributed by atoms with Crippen LogP contribution in [-0.4, -0.2) is 18.2 Å². The first kappa shape index (κ1) is 13.1. The van der Waals surface area contributed by atoms with E-state index in [-0.39, 0.29) is 18.0 Å². The SMILES string of the molecule is CC1=CC(=O)O[C@H]1O/C=C1/C(=O)O[C@@H]2c3ccccc3C[C@H]12. The number of carbonyl (C=O) groups excluding carboxylic acids is 2. The van der Waals surface area contributed by atoms with Crippen molar-refractivity contribution in [2.75, 3.05) is 0 Å². The zero-order chi connectivity index (χ0) is 15.3. The lowest BCUT2D eigenvalue weighted by Gasteiger charge is -2.12. The number of hydrogen-bond donors (Lipinski definition) is 0. The summed E-state index contributed by atoms with van der Waals surface area (Å²) in [6.07, 6.45) is 2.53. The van der Waals surface area contributed by atoms with E-state index in [9.17, 15) is 9.59 Å². The third-order valence-corrected chi connectivity index (χ3v) is 4.30. The summed E-state index contributed by atoms with van der Waals surface area (Å²) in [4.78, 5) is 23.2. The van der Waals surface area contributed by atoms with E-state index < -0.39 is 12.3 Å². The minimum atomic E-state index is -0.754. The molecule has 0 N–H and O–H groups in total. The molecule has 0 spiro atoms. The summed E-state index contributed by atoms with van der Waals surface area (Å²) in [6, 6.07) is 7.96. The molecule has 0 saturated carbocycles. The molecule has 4 rings (SSSR count). The van der Waals surface area contributed by atoms with Crippen LogP contribution in [0.3, 0.4) is 0 Å². The topological polar surface area (TPSA) is 61.8 Å². The van der Waals surface area contributed by atoms with Crippen LogP contribution in [0.2, 0.25) is 0 Å². The highest BCUT2D eigenvalue weighted by Crippen LogP contribution is 2.47. The first-order valence-corrected chi connectivity index (χ1v) is 7.16. The lowest BCUT2D eigenvalue weighted by atomic mass is 9.98. The van der Waals surface area contributed by atoms with Crippen molar-refractivity contribution in [3.8, 4) is 0 Å². The van der Waals surface area contributed by atoms with Crippen LogP contribution in [0.5, 0.6) is 0 Å². The summed E-state index contributed by atoms with van der Waals surface area (Å²) in [5, 5.41) is 0. The van der Waals surface area contributed by atoms with E-state index in [1.807, 2.05) is 24.3 Å². The lowest BCUT2D eigenvalue weighted by Crippen LogP contribution is -2.14. The normalized spacial score (nSPS) is 30.7. The van der Waals surface area contributed by atoms with E-state index in [0.717, 1.165) is 12.0 Å². The first-order chi connectivity index (χ1) is 10.6.